The maximum Gasteiger partial charge on any atom is 0.326 e. The van der Waals surface area contributed by atoms with Gasteiger partial charge in [0.25, 0.3) is 10.0 Å². The average Bonchev–Trinajstić information content (AvgIpc) is 2.32. The van der Waals surface area contributed by atoms with Crippen molar-refractivity contribution in [1.29, 1.82) is 0 Å². The first-order valence-corrected chi connectivity index (χ1v) is 4.19. The molecule has 9 heteroatoms. The van der Waals surface area contributed by atoms with Gasteiger partial charge in [0, 0.05) is 0 Å². The van der Waals surface area contributed by atoms with Gasteiger partial charge in [0.2, 0.25) is 5.03 Å². The minimum atomic E-state index is -3.95. The second-order valence-corrected chi connectivity index (χ2v) is 3.41. The van der Waals surface area contributed by atoms with Crippen LogP contribution >= 0.6 is 0 Å². The molecular weight excluding hydrogens is 186 g/mol. The molecule has 0 aliphatic carbocycles. The molecule has 12 heavy (non-hydrogen) atoms. The van der Waals surface area contributed by atoms with E-state index in [2.05, 4.69) is 21.1 Å². The number of sulfonamides is 1. The summed E-state index contributed by atoms with van der Waals surface area (Å²) in [5.41, 5.74) is 4.60. The van der Waals surface area contributed by atoms with Gasteiger partial charge in [-0.15, -0.1) is 5.10 Å². The van der Waals surface area contributed by atoms with Gasteiger partial charge in [0.15, 0.2) is 0 Å². The Morgan fingerprint density at radius 2 is 2.33 bits per heavy atom. The summed E-state index contributed by atoms with van der Waals surface area (Å²) in [5, 5.41) is 8.12. The Morgan fingerprint density at radius 1 is 1.67 bits per heavy atom. The van der Waals surface area contributed by atoms with Crippen LogP contribution < -0.4 is 10.5 Å². The van der Waals surface area contributed by atoms with E-state index >= 15 is 0 Å². The van der Waals surface area contributed by atoms with Gasteiger partial charge in [-0.3, -0.25) is 5.10 Å². The maximum atomic E-state index is 11.0. The summed E-state index contributed by atoms with van der Waals surface area (Å²) in [5.74, 6) is 0. The fourth-order valence-corrected chi connectivity index (χ4v) is 1.23. The Kier molecular flexibility index (Phi) is 1.95. The van der Waals surface area contributed by atoms with E-state index in [9.17, 15) is 13.2 Å². The maximum absolute atomic E-state index is 11.0. The van der Waals surface area contributed by atoms with E-state index in [4.69, 9.17) is 0 Å². The van der Waals surface area contributed by atoms with E-state index in [0.717, 1.165) is 6.20 Å². The Bertz CT molecular complexity index is 367. The number of aromatic amines is 1. The molecule has 0 atom stereocenters. The summed E-state index contributed by atoms with van der Waals surface area (Å²) in [6, 6.07) is -1.17. The molecule has 0 bridgehead atoms. The molecule has 2 amide bonds. The van der Waals surface area contributed by atoms with Crippen LogP contribution in [-0.4, -0.2) is 29.9 Å². The van der Waals surface area contributed by atoms with E-state index in [1.807, 2.05) is 0 Å². The minimum Gasteiger partial charge on any atom is -0.351 e. The number of amides is 2. The second-order valence-electron chi connectivity index (χ2n) is 1.78. The molecule has 0 aromatic carbocycles. The van der Waals surface area contributed by atoms with E-state index in [0.29, 0.717) is 0 Å². The van der Waals surface area contributed by atoms with Crippen molar-refractivity contribution >= 4 is 16.1 Å². The average molecular weight is 191 g/mol. The number of hydrogen-bond acceptors (Lipinski definition) is 5. The molecule has 0 aliphatic heterocycles. The van der Waals surface area contributed by atoms with Crippen molar-refractivity contribution in [2.45, 2.75) is 5.03 Å². The third kappa shape index (κ3) is 1.69. The highest BCUT2D eigenvalue weighted by Crippen LogP contribution is 1.98. The van der Waals surface area contributed by atoms with Crippen LogP contribution in [0.25, 0.3) is 0 Å². The molecule has 0 saturated carbocycles. The fourth-order valence-electron chi connectivity index (χ4n) is 0.507. The minimum absolute atomic E-state index is 0.388. The van der Waals surface area contributed by atoms with Crippen molar-refractivity contribution in [1.82, 2.24) is 20.1 Å². The molecule has 0 saturated heterocycles. The smallest absolute Gasteiger partial charge is 0.326 e. The van der Waals surface area contributed by atoms with E-state index in [1.165, 1.54) is 4.72 Å². The fraction of sp³-hybridized carbons (Fsp3) is 0. The second kappa shape index (κ2) is 2.77. The number of urea groups is 1. The number of rotatable bonds is 2. The van der Waals surface area contributed by atoms with Gasteiger partial charge in [-0.1, -0.05) is 5.21 Å². The number of carbonyl (C=O) groups excluding carboxylic acids is 1. The zero-order valence-corrected chi connectivity index (χ0v) is 6.50. The number of aromatic nitrogens is 3. The van der Waals surface area contributed by atoms with Crippen LogP contribution in [0.1, 0.15) is 0 Å². The molecule has 1 aromatic heterocycles. The quantitative estimate of drug-likeness (QED) is 0.505. The molecule has 0 radical (unpaired) electrons. The lowest BCUT2D eigenvalue weighted by atomic mass is 11.0. The van der Waals surface area contributed by atoms with Crippen molar-refractivity contribution < 1.29 is 13.2 Å². The van der Waals surface area contributed by atoms with Gasteiger partial charge in [-0.2, -0.15) is 8.42 Å². The number of hydrogen-bond donors (Lipinski definition) is 3. The molecule has 0 unspecified atom stereocenters. The Hall–Kier alpha value is -1.64. The standard InChI is InChI=1S/C3H5N5O3S/c4-3(9)7-12(10,11)2-1-5-8-6-2/h1H,(H3,4,7,9)(H,5,6,8). The van der Waals surface area contributed by atoms with Crippen LogP contribution in [0.5, 0.6) is 0 Å². The normalized spacial score (nSPS) is 11.0. The number of primary amides is 1. The SMILES string of the molecule is NC(=O)NS(=O)(=O)c1c[nH]nn1. The largest absolute Gasteiger partial charge is 0.351 e. The highest BCUT2D eigenvalue weighted by atomic mass is 32.2. The number of nitrogens with two attached hydrogens (primary N) is 1. The van der Waals surface area contributed by atoms with Crippen LogP contribution in [0.2, 0.25) is 0 Å². The molecular formula is C3H5N5O3S. The first kappa shape index (κ1) is 8.46. The Labute approximate surface area is 67.2 Å². The Morgan fingerprint density at radius 3 is 2.75 bits per heavy atom. The predicted molar refractivity (Wildman–Crippen MR) is 36.3 cm³/mol. The van der Waals surface area contributed by atoms with Gasteiger partial charge < -0.3 is 5.73 Å². The Balaban J connectivity index is 2.96. The van der Waals surface area contributed by atoms with E-state index in [1.54, 1.807) is 0 Å². The van der Waals surface area contributed by atoms with Crippen LogP contribution in [0.3, 0.4) is 0 Å². The third-order valence-electron chi connectivity index (χ3n) is 0.905. The monoisotopic (exact) mass is 191 g/mol. The first-order valence-electron chi connectivity index (χ1n) is 2.71. The van der Waals surface area contributed by atoms with Gasteiger partial charge in [-0.05, 0) is 0 Å². The van der Waals surface area contributed by atoms with Crippen LogP contribution in [-0.2, 0) is 10.0 Å². The highest BCUT2D eigenvalue weighted by Gasteiger charge is 2.18. The summed E-state index contributed by atoms with van der Waals surface area (Å²) < 4.78 is 23.4. The molecule has 1 rings (SSSR count). The van der Waals surface area contributed by atoms with Gasteiger partial charge in [0.05, 0.1) is 6.20 Å². The molecule has 0 spiro atoms. The summed E-state index contributed by atoms with van der Waals surface area (Å²) in [6.45, 7) is 0. The van der Waals surface area contributed by atoms with Crippen LogP contribution in [0.4, 0.5) is 4.79 Å². The molecule has 66 valence electrons. The van der Waals surface area contributed by atoms with Gasteiger partial charge in [0.1, 0.15) is 0 Å². The summed E-state index contributed by atoms with van der Waals surface area (Å²) in [6.07, 6.45) is 1.02. The van der Waals surface area contributed by atoms with Crippen molar-refractivity contribution in [2.75, 3.05) is 0 Å². The lowest BCUT2D eigenvalue weighted by molar-refractivity contribution is 0.253. The van der Waals surface area contributed by atoms with Crippen LogP contribution in [0.15, 0.2) is 11.2 Å². The molecule has 4 N–H and O–H groups in total. The van der Waals surface area contributed by atoms with Gasteiger partial charge >= 0.3 is 6.03 Å². The summed E-state index contributed by atoms with van der Waals surface area (Å²) >= 11 is 0. The lowest BCUT2D eigenvalue weighted by Gasteiger charge is -1.97. The number of H-pyrrole nitrogens is 1. The third-order valence-corrected chi connectivity index (χ3v) is 2.12. The van der Waals surface area contributed by atoms with Crippen molar-refractivity contribution in [3.05, 3.63) is 6.20 Å². The van der Waals surface area contributed by atoms with Crippen LogP contribution in [0, 0.1) is 0 Å². The molecule has 0 aliphatic rings. The van der Waals surface area contributed by atoms with Crippen molar-refractivity contribution in [2.24, 2.45) is 5.73 Å². The summed E-state index contributed by atoms with van der Waals surface area (Å²) in [7, 11) is -3.95. The van der Waals surface area contributed by atoms with Gasteiger partial charge in [-0.25, -0.2) is 9.52 Å². The number of nitrogens with zero attached hydrogens (tertiary/aromatic N) is 2. The van der Waals surface area contributed by atoms with E-state index in [-0.39, 0.29) is 5.03 Å². The lowest BCUT2D eigenvalue weighted by Crippen LogP contribution is -2.35. The first-order chi connectivity index (χ1) is 5.52. The molecule has 8 nitrogen and oxygen atoms in total. The topological polar surface area (TPSA) is 131 Å². The van der Waals surface area contributed by atoms with E-state index < -0.39 is 16.1 Å². The zero-order chi connectivity index (χ0) is 9.19. The summed E-state index contributed by atoms with van der Waals surface area (Å²) in [4.78, 5) is 10.2. The zero-order valence-electron chi connectivity index (χ0n) is 5.68. The predicted octanol–water partition coefficient (Wildman–Crippen LogP) is -1.84. The molecule has 1 aromatic rings. The number of nitrogens with one attached hydrogen (secondary N) is 2. The van der Waals surface area contributed by atoms with Crippen molar-refractivity contribution in [3.8, 4) is 0 Å². The van der Waals surface area contributed by atoms with Crippen molar-refractivity contribution in [3.63, 3.8) is 0 Å². The highest BCUT2D eigenvalue weighted by molar-refractivity contribution is 7.90. The molecule has 0 fully saturated rings. The molecule has 1 heterocycles. The number of carbonyl (C=O) groups is 1.